The number of amides is 4. The third kappa shape index (κ3) is 2.38. The predicted octanol–water partition coefficient (Wildman–Crippen LogP) is -0.223. The standard InChI is InChI=1S/C18H17FN4O4/c19-12-4-10-11(5-14(12)22-6-8-3-9(7-22)20-8)18(27)23(17(10)26)13-1-2-15(24)21-16(13)25/h4-5,8-9,13,20H,1-3,6-7H2,(H,21,24,25)/t8-,9+,13?. The zero-order valence-corrected chi connectivity index (χ0v) is 14.3. The van der Waals surface area contributed by atoms with Gasteiger partial charge in [-0.05, 0) is 25.0 Å². The third-order valence-corrected chi connectivity index (χ3v) is 5.77. The minimum absolute atomic E-state index is 0.0359. The Morgan fingerprint density at radius 2 is 1.63 bits per heavy atom. The molecule has 2 bridgehead atoms. The maximum atomic E-state index is 14.7. The molecule has 140 valence electrons. The topological polar surface area (TPSA) is 98.8 Å². The molecule has 0 radical (unpaired) electrons. The molecule has 1 unspecified atom stereocenters. The van der Waals surface area contributed by atoms with Gasteiger partial charge in [-0.15, -0.1) is 0 Å². The molecule has 6 rings (SSSR count). The van der Waals surface area contributed by atoms with Crippen molar-refractivity contribution in [3.8, 4) is 0 Å². The lowest BCUT2D eigenvalue weighted by atomic mass is 9.90. The second kappa shape index (κ2) is 5.59. The van der Waals surface area contributed by atoms with Crippen molar-refractivity contribution in [3.05, 3.63) is 29.1 Å². The molecule has 2 N–H and O–H groups in total. The SMILES string of the molecule is O=C1CCC(N2C(=O)c3cc(F)c(N4C[C@H]5C[C@@H](C4)N5)cc3C2=O)C(=O)N1. The van der Waals surface area contributed by atoms with Gasteiger partial charge in [-0.2, -0.15) is 0 Å². The first-order chi connectivity index (χ1) is 12.9. The fourth-order valence-corrected chi connectivity index (χ4v) is 4.43. The summed E-state index contributed by atoms with van der Waals surface area (Å²) in [5, 5.41) is 5.50. The number of piperazine rings is 1. The molecule has 1 aromatic carbocycles. The highest BCUT2D eigenvalue weighted by atomic mass is 19.1. The Bertz CT molecular complexity index is 901. The summed E-state index contributed by atoms with van der Waals surface area (Å²) in [6, 6.07) is 2.09. The number of imide groups is 2. The number of fused-ring (bicyclic) bond motifs is 3. The van der Waals surface area contributed by atoms with Crippen molar-refractivity contribution in [1.82, 2.24) is 15.5 Å². The van der Waals surface area contributed by atoms with E-state index in [-0.39, 0.29) is 24.0 Å². The van der Waals surface area contributed by atoms with E-state index in [0.717, 1.165) is 17.4 Å². The van der Waals surface area contributed by atoms with Crippen molar-refractivity contribution in [2.24, 2.45) is 0 Å². The number of piperidine rings is 2. The van der Waals surface area contributed by atoms with E-state index in [4.69, 9.17) is 0 Å². The van der Waals surface area contributed by atoms with E-state index in [1.54, 1.807) is 0 Å². The lowest BCUT2D eigenvalue weighted by Gasteiger charge is -2.49. The summed E-state index contributed by atoms with van der Waals surface area (Å²) in [6.07, 6.45) is 1.18. The van der Waals surface area contributed by atoms with Crippen molar-refractivity contribution >= 4 is 29.3 Å². The number of benzene rings is 1. The van der Waals surface area contributed by atoms with Crippen LogP contribution in [-0.2, 0) is 9.59 Å². The van der Waals surface area contributed by atoms with Crippen LogP contribution in [-0.4, -0.2) is 59.7 Å². The van der Waals surface area contributed by atoms with Crippen molar-refractivity contribution < 1.29 is 23.6 Å². The lowest BCUT2D eigenvalue weighted by Crippen LogP contribution is -2.67. The second-order valence-electron chi connectivity index (χ2n) is 7.50. The van der Waals surface area contributed by atoms with Gasteiger partial charge in [0.2, 0.25) is 11.8 Å². The van der Waals surface area contributed by atoms with Gasteiger partial charge in [-0.3, -0.25) is 29.4 Å². The summed E-state index contributed by atoms with van der Waals surface area (Å²) in [7, 11) is 0. The van der Waals surface area contributed by atoms with Crippen LogP contribution in [0.5, 0.6) is 0 Å². The number of hydrogen-bond acceptors (Lipinski definition) is 6. The molecule has 4 saturated heterocycles. The van der Waals surface area contributed by atoms with Crippen molar-refractivity contribution in [2.45, 2.75) is 37.4 Å². The first-order valence-electron chi connectivity index (χ1n) is 8.98. The number of carbonyl (C=O) groups excluding carboxylic acids is 4. The van der Waals surface area contributed by atoms with Crippen LogP contribution < -0.4 is 15.5 Å². The van der Waals surface area contributed by atoms with Crippen LogP contribution in [0, 0.1) is 5.82 Å². The van der Waals surface area contributed by atoms with Gasteiger partial charge >= 0.3 is 0 Å². The first kappa shape index (κ1) is 16.4. The van der Waals surface area contributed by atoms with E-state index >= 15 is 0 Å². The van der Waals surface area contributed by atoms with Gasteiger partial charge in [0.15, 0.2) is 0 Å². The molecular formula is C18H17FN4O4. The van der Waals surface area contributed by atoms with Crippen LogP contribution in [0.4, 0.5) is 10.1 Å². The van der Waals surface area contributed by atoms with Crippen LogP contribution in [0.1, 0.15) is 40.0 Å². The first-order valence-corrected chi connectivity index (χ1v) is 8.98. The fourth-order valence-electron chi connectivity index (χ4n) is 4.43. The number of halogens is 1. The molecule has 0 spiro atoms. The van der Waals surface area contributed by atoms with E-state index in [0.29, 0.717) is 30.9 Å². The molecule has 4 amide bonds. The van der Waals surface area contributed by atoms with Gasteiger partial charge in [-0.1, -0.05) is 0 Å². The number of rotatable bonds is 2. The van der Waals surface area contributed by atoms with Gasteiger partial charge in [0.25, 0.3) is 11.8 Å². The molecule has 5 heterocycles. The highest BCUT2D eigenvalue weighted by Crippen LogP contribution is 2.34. The van der Waals surface area contributed by atoms with Crippen LogP contribution >= 0.6 is 0 Å². The molecule has 5 aliphatic rings. The van der Waals surface area contributed by atoms with E-state index in [9.17, 15) is 23.6 Å². The molecule has 3 atom stereocenters. The van der Waals surface area contributed by atoms with Gasteiger partial charge in [-0.25, -0.2) is 4.39 Å². The van der Waals surface area contributed by atoms with Crippen molar-refractivity contribution in [1.29, 1.82) is 0 Å². The van der Waals surface area contributed by atoms with Crippen LogP contribution in [0.2, 0.25) is 0 Å². The number of nitrogens with zero attached hydrogens (tertiary/aromatic N) is 2. The highest BCUT2D eigenvalue weighted by Gasteiger charge is 2.46. The smallest absolute Gasteiger partial charge is 0.262 e. The Morgan fingerprint density at radius 1 is 1.00 bits per heavy atom. The lowest BCUT2D eigenvalue weighted by molar-refractivity contribution is -0.136. The molecule has 0 saturated carbocycles. The molecule has 0 aromatic heterocycles. The number of carbonyl (C=O) groups is 4. The average molecular weight is 372 g/mol. The summed E-state index contributed by atoms with van der Waals surface area (Å²) in [4.78, 5) is 51.7. The minimum atomic E-state index is -1.05. The molecule has 9 heteroatoms. The summed E-state index contributed by atoms with van der Waals surface area (Å²) >= 11 is 0. The van der Waals surface area contributed by atoms with Crippen molar-refractivity contribution in [2.75, 3.05) is 18.0 Å². The van der Waals surface area contributed by atoms with Crippen LogP contribution in [0.15, 0.2) is 12.1 Å². The number of anilines is 1. The normalized spacial score (nSPS) is 29.6. The van der Waals surface area contributed by atoms with E-state index in [1.165, 1.54) is 6.07 Å². The maximum Gasteiger partial charge on any atom is 0.262 e. The molecule has 0 aliphatic carbocycles. The monoisotopic (exact) mass is 372 g/mol. The van der Waals surface area contributed by atoms with Crippen molar-refractivity contribution in [3.63, 3.8) is 0 Å². The summed E-state index contributed by atoms with van der Waals surface area (Å²) < 4.78 is 14.7. The average Bonchev–Trinajstić information content (AvgIpc) is 2.85. The summed E-state index contributed by atoms with van der Waals surface area (Å²) in [5.74, 6) is -2.98. The fraction of sp³-hybridized carbons (Fsp3) is 0.444. The Labute approximate surface area is 153 Å². The Hall–Kier alpha value is -2.81. The maximum absolute atomic E-state index is 14.7. The summed E-state index contributed by atoms with van der Waals surface area (Å²) in [6.45, 7) is 1.29. The van der Waals surface area contributed by atoms with Gasteiger partial charge in [0, 0.05) is 31.6 Å². The minimum Gasteiger partial charge on any atom is -0.366 e. The number of nitrogens with one attached hydrogen (secondary N) is 2. The second-order valence-corrected chi connectivity index (χ2v) is 7.50. The molecule has 5 aliphatic heterocycles. The zero-order chi connectivity index (χ0) is 18.9. The van der Waals surface area contributed by atoms with Crippen LogP contribution in [0.25, 0.3) is 0 Å². The quantitative estimate of drug-likeness (QED) is 0.697. The Morgan fingerprint density at radius 3 is 2.26 bits per heavy atom. The Kier molecular flexibility index (Phi) is 3.39. The summed E-state index contributed by atoms with van der Waals surface area (Å²) in [5.41, 5.74) is 0.371. The molecule has 1 aromatic rings. The molecule has 8 nitrogen and oxygen atoms in total. The van der Waals surface area contributed by atoms with E-state index in [2.05, 4.69) is 10.6 Å². The number of hydrogen-bond donors (Lipinski definition) is 2. The van der Waals surface area contributed by atoms with Gasteiger partial charge in [0.1, 0.15) is 11.9 Å². The van der Waals surface area contributed by atoms with E-state index in [1.807, 2.05) is 4.90 Å². The Balaban J connectivity index is 1.47. The van der Waals surface area contributed by atoms with Crippen LogP contribution in [0.3, 0.4) is 0 Å². The molecule has 27 heavy (non-hydrogen) atoms. The zero-order valence-electron chi connectivity index (χ0n) is 14.3. The predicted molar refractivity (Wildman–Crippen MR) is 90.6 cm³/mol. The largest absolute Gasteiger partial charge is 0.366 e. The van der Waals surface area contributed by atoms with E-state index < -0.39 is 35.5 Å². The molecule has 4 fully saturated rings. The van der Waals surface area contributed by atoms with Gasteiger partial charge < -0.3 is 10.2 Å². The highest BCUT2D eigenvalue weighted by molar-refractivity contribution is 6.23. The molecular weight excluding hydrogens is 355 g/mol. The van der Waals surface area contributed by atoms with Gasteiger partial charge in [0.05, 0.1) is 16.8 Å². The third-order valence-electron chi connectivity index (χ3n) is 5.77.